The molecule has 1 aromatic heterocycles. The third-order valence-electron chi connectivity index (χ3n) is 2.36. The fourth-order valence-corrected chi connectivity index (χ4v) is 2.72. The molecule has 0 aliphatic heterocycles. The highest BCUT2D eigenvalue weighted by Gasteiger charge is 2.18. The van der Waals surface area contributed by atoms with Crippen molar-refractivity contribution in [3.8, 4) is 0 Å². The molecule has 1 rings (SSSR count). The van der Waals surface area contributed by atoms with Crippen LogP contribution in [0.2, 0.25) is 0 Å². The van der Waals surface area contributed by atoms with Gasteiger partial charge in [-0.3, -0.25) is 9.59 Å². The molecule has 0 aliphatic rings. The molecule has 0 aromatic carbocycles. The van der Waals surface area contributed by atoms with Gasteiger partial charge in [-0.15, -0.1) is 11.3 Å². The summed E-state index contributed by atoms with van der Waals surface area (Å²) in [5, 5.41) is 4.93. The molecule has 1 N–H and O–H groups in total. The Hall–Kier alpha value is -0.850. The Kier molecular flexibility index (Phi) is 9.55. The highest BCUT2D eigenvalue weighted by Crippen LogP contribution is 2.10. The molecular weight excluding hydrogens is 282 g/mol. The first-order chi connectivity index (χ1) is 8.69. The van der Waals surface area contributed by atoms with Crippen LogP contribution in [0.15, 0.2) is 17.5 Å². The molecule has 108 valence electrons. The molecule has 1 atom stereocenters. The van der Waals surface area contributed by atoms with Gasteiger partial charge in [-0.25, -0.2) is 0 Å². The molecule has 0 radical (unpaired) electrons. The molecule has 1 unspecified atom stereocenters. The van der Waals surface area contributed by atoms with Crippen LogP contribution in [0.5, 0.6) is 0 Å². The molecule has 0 amide bonds. The van der Waals surface area contributed by atoms with E-state index in [9.17, 15) is 9.59 Å². The summed E-state index contributed by atoms with van der Waals surface area (Å²) in [4.78, 5) is 23.9. The second kappa shape index (κ2) is 10.00. The summed E-state index contributed by atoms with van der Waals surface area (Å²) in [5.41, 5.74) is 0. The van der Waals surface area contributed by atoms with Gasteiger partial charge in [0.15, 0.2) is 5.78 Å². The van der Waals surface area contributed by atoms with Gasteiger partial charge < -0.3 is 10.1 Å². The summed E-state index contributed by atoms with van der Waals surface area (Å²) in [7, 11) is 1.37. The average Bonchev–Trinajstić information content (AvgIpc) is 2.90. The summed E-state index contributed by atoms with van der Waals surface area (Å²) in [6.07, 6.45) is 2.32. The fraction of sp³-hybridized carbons (Fsp3) is 0.538. The second-order valence-corrected chi connectivity index (χ2v) is 5.49. The topological polar surface area (TPSA) is 55.4 Å². The van der Waals surface area contributed by atoms with Crippen molar-refractivity contribution in [2.24, 2.45) is 0 Å². The number of nitrogens with one attached hydrogen (secondary N) is 1. The molecule has 0 bridgehead atoms. The molecule has 0 aliphatic carbocycles. The SMILES string of the molecule is C.COC(=O)C(CSC)NCCC(=O)c1cccs1. The number of thiophene rings is 1. The van der Waals surface area contributed by atoms with Crippen molar-refractivity contribution in [1.82, 2.24) is 5.32 Å². The van der Waals surface area contributed by atoms with Gasteiger partial charge in [0.2, 0.25) is 0 Å². The molecule has 19 heavy (non-hydrogen) atoms. The number of hydrogen-bond donors (Lipinski definition) is 1. The van der Waals surface area contributed by atoms with E-state index in [0.717, 1.165) is 4.88 Å². The van der Waals surface area contributed by atoms with Crippen molar-refractivity contribution in [2.45, 2.75) is 19.9 Å². The maximum Gasteiger partial charge on any atom is 0.323 e. The van der Waals surface area contributed by atoms with Crippen molar-refractivity contribution in [2.75, 3.05) is 25.7 Å². The number of carbonyl (C=O) groups excluding carboxylic acids is 2. The lowest BCUT2D eigenvalue weighted by atomic mass is 10.2. The summed E-state index contributed by atoms with van der Waals surface area (Å²) < 4.78 is 4.70. The van der Waals surface area contributed by atoms with Gasteiger partial charge in [0.1, 0.15) is 6.04 Å². The Bertz CT molecular complexity index is 379. The normalized spacial score (nSPS) is 11.5. The van der Waals surface area contributed by atoms with Crippen molar-refractivity contribution < 1.29 is 14.3 Å². The quantitative estimate of drug-likeness (QED) is 0.590. The largest absolute Gasteiger partial charge is 0.468 e. The number of methoxy groups -OCH3 is 1. The molecule has 6 heteroatoms. The maximum atomic E-state index is 11.7. The number of ether oxygens (including phenoxy) is 1. The third kappa shape index (κ3) is 6.22. The van der Waals surface area contributed by atoms with E-state index in [1.54, 1.807) is 11.8 Å². The van der Waals surface area contributed by atoms with Gasteiger partial charge in [0.25, 0.3) is 0 Å². The van der Waals surface area contributed by atoms with Gasteiger partial charge in [0, 0.05) is 18.7 Å². The van der Waals surface area contributed by atoms with Gasteiger partial charge in [0.05, 0.1) is 12.0 Å². The van der Waals surface area contributed by atoms with E-state index in [1.165, 1.54) is 18.4 Å². The van der Waals surface area contributed by atoms with Crippen LogP contribution in [0.4, 0.5) is 0 Å². The van der Waals surface area contributed by atoms with E-state index in [0.29, 0.717) is 18.7 Å². The van der Waals surface area contributed by atoms with Crippen molar-refractivity contribution >= 4 is 34.9 Å². The Labute approximate surface area is 122 Å². The standard InChI is InChI=1S/C12H17NO3S2.CH4/c1-16-12(15)9(8-17-2)13-6-5-10(14)11-4-3-7-18-11;/h3-4,7,9,13H,5-6,8H2,1-2H3;1H4. The number of hydrogen-bond acceptors (Lipinski definition) is 6. The van der Waals surface area contributed by atoms with Gasteiger partial charge in [-0.05, 0) is 17.7 Å². The Balaban J connectivity index is 0.00000324. The van der Waals surface area contributed by atoms with E-state index in [4.69, 9.17) is 4.74 Å². The number of esters is 1. The lowest BCUT2D eigenvalue weighted by Gasteiger charge is -2.14. The molecule has 4 nitrogen and oxygen atoms in total. The van der Waals surface area contributed by atoms with E-state index in [1.807, 2.05) is 23.8 Å². The van der Waals surface area contributed by atoms with Crippen LogP contribution in [-0.4, -0.2) is 43.5 Å². The minimum Gasteiger partial charge on any atom is -0.468 e. The van der Waals surface area contributed by atoms with Gasteiger partial charge >= 0.3 is 5.97 Å². The maximum absolute atomic E-state index is 11.7. The highest BCUT2D eigenvalue weighted by molar-refractivity contribution is 7.98. The first-order valence-electron chi connectivity index (χ1n) is 5.56. The van der Waals surface area contributed by atoms with Crippen LogP contribution in [0, 0.1) is 0 Å². The Morgan fingerprint density at radius 1 is 1.53 bits per heavy atom. The van der Waals surface area contributed by atoms with Crippen LogP contribution in [0.1, 0.15) is 23.5 Å². The molecule has 1 heterocycles. The van der Waals surface area contributed by atoms with Crippen LogP contribution >= 0.6 is 23.1 Å². The molecular formula is C13H21NO3S2. The predicted molar refractivity (Wildman–Crippen MR) is 82.2 cm³/mol. The molecule has 1 aromatic rings. The average molecular weight is 303 g/mol. The van der Waals surface area contributed by atoms with Gasteiger partial charge in [-0.2, -0.15) is 11.8 Å². The number of rotatable bonds is 8. The second-order valence-electron chi connectivity index (χ2n) is 3.64. The van der Waals surface area contributed by atoms with Crippen LogP contribution in [0.3, 0.4) is 0 Å². The summed E-state index contributed by atoms with van der Waals surface area (Å²) in [6.45, 7) is 0.483. The minimum absolute atomic E-state index is 0. The molecule has 0 spiro atoms. The van der Waals surface area contributed by atoms with E-state index >= 15 is 0 Å². The zero-order chi connectivity index (χ0) is 13.4. The lowest BCUT2D eigenvalue weighted by molar-refractivity contribution is -0.142. The zero-order valence-corrected chi connectivity index (χ0v) is 12.1. The fourth-order valence-electron chi connectivity index (χ4n) is 1.44. The zero-order valence-electron chi connectivity index (χ0n) is 10.5. The molecule has 0 saturated carbocycles. The molecule has 0 fully saturated rings. The first-order valence-corrected chi connectivity index (χ1v) is 7.83. The predicted octanol–water partition coefficient (Wildman–Crippen LogP) is 2.45. The van der Waals surface area contributed by atoms with Crippen molar-refractivity contribution in [3.05, 3.63) is 22.4 Å². The van der Waals surface area contributed by atoms with Crippen LogP contribution in [-0.2, 0) is 9.53 Å². The number of Topliss-reactive ketones (excluding diaryl/α,β-unsaturated/α-hetero) is 1. The Morgan fingerprint density at radius 3 is 2.79 bits per heavy atom. The summed E-state index contributed by atoms with van der Waals surface area (Å²) in [5.74, 6) is 0.457. The van der Waals surface area contributed by atoms with E-state index in [2.05, 4.69) is 5.32 Å². The summed E-state index contributed by atoms with van der Waals surface area (Å²) >= 11 is 3.00. The molecule has 0 saturated heterocycles. The van der Waals surface area contributed by atoms with Gasteiger partial charge in [-0.1, -0.05) is 13.5 Å². The smallest absolute Gasteiger partial charge is 0.323 e. The van der Waals surface area contributed by atoms with Crippen LogP contribution in [0.25, 0.3) is 0 Å². The van der Waals surface area contributed by atoms with E-state index < -0.39 is 0 Å². The number of carbonyl (C=O) groups is 2. The van der Waals surface area contributed by atoms with Crippen LogP contribution < -0.4 is 5.32 Å². The third-order valence-corrected chi connectivity index (χ3v) is 3.94. The van der Waals surface area contributed by atoms with Crippen molar-refractivity contribution in [3.63, 3.8) is 0 Å². The van der Waals surface area contributed by atoms with Crippen molar-refractivity contribution in [1.29, 1.82) is 0 Å². The monoisotopic (exact) mass is 303 g/mol. The minimum atomic E-state index is -0.346. The number of thioether (sulfide) groups is 1. The number of ketones is 1. The first kappa shape index (κ1) is 18.1. The lowest BCUT2D eigenvalue weighted by Crippen LogP contribution is -2.40. The Morgan fingerprint density at radius 2 is 2.26 bits per heavy atom. The van der Waals surface area contributed by atoms with E-state index in [-0.39, 0.29) is 25.2 Å². The highest BCUT2D eigenvalue weighted by atomic mass is 32.2. The summed E-state index contributed by atoms with van der Waals surface area (Å²) in [6, 6.07) is 3.32.